The van der Waals surface area contributed by atoms with Crippen LogP contribution in [0.4, 0.5) is 0 Å². The molecule has 0 N–H and O–H groups in total. The van der Waals surface area contributed by atoms with Crippen molar-refractivity contribution in [3.05, 3.63) is 77.7 Å². The quantitative estimate of drug-likeness (QED) is 0.605. The summed E-state index contributed by atoms with van der Waals surface area (Å²) in [4.78, 5) is 21.3. The van der Waals surface area contributed by atoms with Gasteiger partial charge in [-0.25, -0.2) is 0 Å². The first-order valence-corrected chi connectivity index (χ1v) is 10.3. The Labute approximate surface area is 176 Å². The van der Waals surface area contributed by atoms with Gasteiger partial charge in [-0.2, -0.15) is 4.98 Å². The maximum atomic E-state index is 12.5. The summed E-state index contributed by atoms with van der Waals surface area (Å²) in [5.41, 5.74) is 3.18. The Morgan fingerprint density at radius 1 is 1.03 bits per heavy atom. The standard InChI is InChI=1S/C24H26N4O2/c1-18-8-10-20(11-9-18)12-13-22(29)28-16-14-27(15-17-28)19(2)24-25-23(26-30-24)21-6-4-3-5-7-21/h3-13,19H,14-17H2,1-2H3/b13-12+. The predicted octanol–water partition coefficient (Wildman–Crippen LogP) is 3.96. The number of carbonyl (C=O) groups is 1. The van der Waals surface area contributed by atoms with Gasteiger partial charge in [0.25, 0.3) is 0 Å². The maximum absolute atomic E-state index is 12.5. The molecular weight excluding hydrogens is 376 g/mol. The van der Waals surface area contributed by atoms with Crippen LogP contribution in [0.25, 0.3) is 17.5 Å². The molecule has 154 valence electrons. The number of rotatable bonds is 5. The third kappa shape index (κ3) is 4.66. The van der Waals surface area contributed by atoms with Crippen molar-refractivity contribution in [3.63, 3.8) is 0 Å². The number of hydrogen-bond acceptors (Lipinski definition) is 5. The molecule has 3 aromatic rings. The average molecular weight is 402 g/mol. The minimum Gasteiger partial charge on any atom is -0.337 e. The number of benzene rings is 2. The number of aromatic nitrogens is 2. The molecule has 1 amide bonds. The van der Waals surface area contributed by atoms with E-state index >= 15 is 0 Å². The molecule has 0 aliphatic carbocycles. The van der Waals surface area contributed by atoms with E-state index in [1.54, 1.807) is 6.08 Å². The Morgan fingerprint density at radius 2 is 1.73 bits per heavy atom. The fraction of sp³-hybridized carbons (Fsp3) is 0.292. The third-order valence-corrected chi connectivity index (χ3v) is 5.50. The van der Waals surface area contributed by atoms with Crippen molar-refractivity contribution in [2.75, 3.05) is 26.2 Å². The van der Waals surface area contributed by atoms with Crippen LogP contribution in [0.2, 0.25) is 0 Å². The van der Waals surface area contributed by atoms with Crippen LogP contribution in [0, 0.1) is 6.92 Å². The number of carbonyl (C=O) groups excluding carboxylic acids is 1. The molecule has 1 aliphatic rings. The van der Waals surface area contributed by atoms with Crippen molar-refractivity contribution in [1.29, 1.82) is 0 Å². The fourth-order valence-corrected chi connectivity index (χ4v) is 3.55. The van der Waals surface area contributed by atoms with E-state index in [4.69, 9.17) is 4.52 Å². The molecule has 0 bridgehead atoms. The van der Waals surface area contributed by atoms with Crippen LogP contribution in [0.15, 0.2) is 65.2 Å². The number of piperazine rings is 1. The Kier molecular flexibility index (Phi) is 6.05. The van der Waals surface area contributed by atoms with Crippen LogP contribution < -0.4 is 0 Å². The van der Waals surface area contributed by atoms with Crippen LogP contribution >= 0.6 is 0 Å². The lowest BCUT2D eigenvalue weighted by Crippen LogP contribution is -2.48. The zero-order chi connectivity index (χ0) is 20.9. The summed E-state index contributed by atoms with van der Waals surface area (Å²) in [7, 11) is 0. The zero-order valence-electron chi connectivity index (χ0n) is 17.4. The summed E-state index contributed by atoms with van der Waals surface area (Å²) in [6.45, 7) is 7.03. The van der Waals surface area contributed by atoms with Gasteiger partial charge in [-0.3, -0.25) is 9.69 Å². The van der Waals surface area contributed by atoms with Crippen LogP contribution in [-0.4, -0.2) is 52.0 Å². The molecule has 0 spiro atoms. The van der Waals surface area contributed by atoms with Crippen LogP contribution in [0.5, 0.6) is 0 Å². The lowest BCUT2D eigenvalue weighted by atomic mass is 10.1. The van der Waals surface area contributed by atoms with Crippen molar-refractivity contribution >= 4 is 12.0 Å². The Bertz CT molecular complexity index is 1000. The minimum absolute atomic E-state index is 0.00955. The lowest BCUT2D eigenvalue weighted by Gasteiger charge is -2.36. The van der Waals surface area contributed by atoms with Gasteiger partial charge in [-0.15, -0.1) is 0 Å². The first-order chi connectivity index (χ1) is 14.6. The second-order valence-electron chi connectivity index (χ2n) is 7.60. The van der Waals surface area contributed by atoms with Crippen molar-refractivity contribution in [2.45, 2.75) is 19.9 Å². The topological polar surface area (TPSA) is 62.5 Å². The zero-order valence-corrected chi connectivity index (χ0v) is 17.4. The van der Waals surface area contributed by atoms with E-state index in [1.807, 2.05) is 65.6 Å². The Balaban J connectivity index is 1.32. The molecule has 1 aliphatic heterocycles. The Morgan fingerprint density at radius 3 is 2.43 bits per heavy atom. The van der Waals surface area contributed by atoms with E-state index in [0.717, 1.165) is 24.2 Å². The molecule has 2 heterocycles. The molecule has 1 unspecified atom stereocenters. The van der Waals surface area contributed by atoms with E-state index < -0.39 is 0 Å². The molecular formula is C24H26N4O2. The van der Waals surface area contributed by atoms with E-state index in [9.17, 15) is 4.79 Å². The summed E-state index contributed by atoms with van der Waals surface area (Å²) in [6, 6.07) is 18.0. The smallest absolute Gasteiger partial charge is 0.246 e. The summed E-state index contributed by atoms with van der Waals surface area (Å²) in [5, 5.41) is 4.12. The second-order valence-corrected chi connectivity index (χ2v) is 7.60. The summed E-state index contributed by atoms with van der Waals surface area (Å²) in [5.74, 6) is 1.26. The van der Waals surface area contributed by atoms with Gasteiger partial charge >= 0.3 is 0 Å². The Hall–Kier alpha value is -3.25. The highest BCUT2D eigenvalue weighted by atomic mass is 16.5. The number of amides is 1. The molecule has 0 saturated carbocycles. The van der Waals surface area contributed by atoms with E-state index in [2.05, 4.69) is 28.9 Å². The SMILES string of the molecule is Cc1ccc(/C=C/C(=O)N2CCN(C(C)c3nc(-c4ccccc4)no3)CC2)cc1. The van der Waals surface area contributed by atoms with Gasteiger partial charge in [-0.05, 0) is 25.5 Å². The van der Waals surface area contributed by atoms with E-state index in [0.29, 0.717) is 24.8 Å². The van der Waals surface area contributed by atoms with Gasteiger partial charge in [-0.1, -0.05) is 65.3 Å². The minimum atomic E-state index is 0.00955. The largest absolute Gasteiger partial charge is 0.337 e. The van der Waals surface area contributed by atoms with Gasteiger partial charge in [0.15, 0.2) is 0 Å². The van der Waals surface area contributed by atoms with Crippen LogP contribution in [0.1, 0.15) is 30.0 Å². The third-order valence-electron chi connectivity index (χ3n) is 5.50. The molecule has 6 heteroatoms. The van der Waals surface area contributed by atoms with E-state index in [-0.39, 0.29) is 11.9 Å². The van der Waals surface area contributed by atoms with Crippen molar-refractivity contribution in [3.8, 4) is 11.4 Å². The molecule has 1 saturated heterocycles. The monoisotopic (exact) mass is 402 g/mol. The second kappa shape index (κ2) is 9.05. The van der Waals surface area contributed by atoms with Crippen molar-refractivity contribution in [1.82, 2.24) is 19.9 Å². The molecule has 1 atom stereocenters. The molecule has 30 heavy (non-hydrogen) atoms. The average Bonchev–Trinajstić information content (AvgIpc) is 3.29. The molecule has 0 radical (unpaired) electrons. The van der Waals surface area contributed by atoms with Crippen molar-refractivity contribution in [2.24, 2.45) is 0 Å². The normalized spacial score (nSPS) is 16.1. The van der Waals surface area contributed by atoms with Crippen molar-refractivity contribution < 1.29 is 9.32 Å². The first kappa shape index (κ1) is 20.0. The number of hydrogen-bond donors (Lipinski definition) is 0. The summed E-state index contributed by atoms with van der Waals surface area (Å²) >= 11 is 0. The summed E-state index contributed by atoms with van der Waals surface area (Å²) in [6.07, 6.45) is 3.54. The maximum Gasteiger partial charge on any atom is 0.246 e. The molecule has 2 aromatic carbocycles. The highest BCUT2D eigenvalue weighted by Gasteiger charge is 2.27. The van der Waals surface area contributed by atoms with Crippen LogP contribution in [0.3, 0.4) is 0 Å². The summed E-state index contributed by atoms with van der Waals surface area (Å²) < 4.78 is 5.51. The lowest BCUT2D eigenvalue weighted by molar-refractivity contribution is -0.128. The number of nitrogens with zero attached hydrogens (tertiary/aromatic N) is 4. The van der Waals surface area contributed by atoms with Gasteiger partial charge < -0.3 is 9.42 Å². The number of aryl methyl sites for hydroxylation is 1. The predicted molar refractivity (Wildman–Crippen MR) is 117 cm³/mol. The van der Waals surface area contributed by atoms with Crippen LogP contribution in [-0.2, 0) is 4.79 Å². The fourth-order valence-electron chi connectivity index (χ4n) is 3.55. The first-order valence-electron chi connectivity index (χ1n) is 10.3. The molecule has 1 fully saturated rings. The van der Waals surface area contributed by atoms with Gasteiger partial charge in [0, 0.05) is 37.8 Å². The molecule has 4 rings (SSSR count). The van der Waals surface area contributed by atoms with Gasteiger partial charge in [0.05, 0.1) is 6.04 Å². The highest BCUT2D eigenvalue weighted by molar-refractivity contribution is 5.91. The van der Waals surface area contributed by atoms with Gasteiger partial charge in [0.1, 0.15) is 0 Å². The van der Waals surface area contributed by atoms with E-state index in [1.165, 1.54) is 5.56 Å². The highest BCUT2D eigenvalue weighted by Crippen LogP contribution is 2.23. The van der Waals surface area contributed by atoms with Gasteiger partial charge in [0.2, 0.25) is 17.6 Å². The molecule has 1 aromatic heterocycles. The molecule has 6 nitrogen and oxygen atoms in total.